The maximum Gasteiger partial charge on any atom is 0.315 e. The van der Waals surface area contributed by atoms with Gasteiger partial charge in [0.25, 0.3) is 0 Å². The van der Waals surface area contributed by atoms with Gasteiger partial charge in [-0.3, -0.25) is 9.24 Å². The number of rotatable bonds is 4. The fourth-order valence-electron chi connectivity index (χ4n) is 4.23. The summed E-state index contributed by atoms with van der Waals surface area (Å²) in [6, 6.07) is 38.0. The van der Waals surface area contributed by atoms with Crippen molar-refractivity contribution in [2.24, 2.45) is 4.76 Å². The molecule has 4 heteroatoms. The summed E-state index contributed by atoms with van der Waals surface area (Å²) < 4.78 is 22.1. The lowest BCUT2D eigenvalue weighted by atomic mass is 9.98. The molecule has 0 aromatic heterocycles. The van der Waals surface area contributed by atoms with E-state index in [9.17, 15) is 0 Å². The second-order valence-electron chi connectivity index (χ2n) is 8.18. The van der Waals surface area contributed by atoms with Crippen LogP contribution in [0.15, 0.2) is 126 Å². The van der Waals surface area contributed by atoms with Gasteiger partial charge in [-0.05, 0) is 43.7 Å². The first kappa shape index (κ1) is 21.2. The van der Waals surface area contributed by atoms with Crippen LogP contribution >= 0.6 is 7.44 Å². The van der Waals surface area contributed by atoms with Crippen molar-refractivity contribution >= 4 is 29.8 Å². The van der Waals surface area contributed by atoms with E-state index in [-0.39, 0.29) is 0 Å². The molecule has 1 aliphatic heterocycles. The van der Waals surface area contributed by atoms with Crippen molar-refractivity contribution < 1.29 is 4.57 Å². The van der Waals surface area contributed by atoms with Crippen molar-refractivity contribution in [3.63, 3.8) is 0 Å². The summed E-state index contributed by atoms with van der Waals surface area (Å²) in [6.45, 7) is 4.13. The Morgan fingerprint density at radius 1 is 0.636 bits per heavy atom. The maximum atomic E-state index is 15.1. The zero-order chi connectivity index (χ0) is 22.8. The normalized spacial score (nSPS) is 18.2. The smallest absolute Gasteiger partial charge is 0.270 e. The Hall–Kier alpha value is -3.68. The van der Waals surface area contributed by atoms with E-state index < -0.39 is 7.44 Å². The maximum absolute atomic E-state index is 15.1. The first-order valence-corrected chi connectivity index (χ1v) is 12.6. The van der Waals surface area contributed by atoms with E-state index in [1.807, 2.05) is 95.7 Å². The van der Waals surface area contributed by atoms with Gasteiger partial charge in [0.05, 0.1) is 16.7 Å². The number of hydrogen-bond donors (Lipinski definition) is 0. The summed E-state index contributed by atoms with van der Waals surface area (Å²) >= 11 is 0. The van der Waals surface area contributed by atoms with E-state index in [4.69, 9.17) is 4.76 Å². The quantitative estimate of drug-likeness (QED) is 0.308. The second kappa shape index (κ2) is 8.69. The minimum Gasteiger partial charge on any atom is -0.270 e. The van der Waals surface area contributed by atoms with E-state index in [2.05, 4.69) is 38.1 Å². The lowest BCUT2D eigenvalue weighted by Gasteiger charge is -2.38. The van der Waals surface area contributed by atoms with E-state index in [1.54, 1.807) is 0 Å². The third-order valence-corrected chi connectivity index (χ3v) is 8.31. The number of hydrogen-bond acceptors (Lipinski definition) is 1. The van der Waals surface area contributed by atoms with Crippen molar-refractivity contribution in [1.29, 1.82) is 0 Å². The molecule has 1 atom stereocenters. The van der Waals surface area contributed by atoms with E-state index >= 15 is 4.57 Å². The predicted octanol–water partition coefficient (Wildman–Crippen LogP) is 7.25. The minimum absolute atomic E-state index is 0.708. The Balaban J connectivity index is 1.85. The third-order valence-electron chi connectivity index (χ3n) is 5.89. The van der Waals surface area contributed by atoms with E-state index in [1.165, 1.54) is 0 Å². The number of nitrogens with zero attached hydrogens (tertiary/aromatic N) is 2. The van der Waals surface area contributed by atoms with Crippen LogP contribution in [0.25, 0.3) is 5.70 Å². The molecule has 1 unspecified atom stereocenters. The molecule has 0 fully saturated rings. The second-order valence-corrected chi connectivity index (χ2v) is 10.4. The van der Waals surface area contributed by atoms with Crippen LogP contribution < -0.4 is 9.97 Å². The van der Waals surface area contributed by atoms with Crippen LogP contribution in [-0.2, 0) is 4.57 Å². The van der Waals surface area contributed by atoms with Crippen molar-refractivity contribution in [1.82, 2.24) is 0 Å². The fraction of sp³-hybridized carbons (Fsp3) is 0.0690. The molecule has 0 amide bonds. The zero-order valence-corrected chi connectivity index (χ0v) is 19.6. The highest BCUT2D eigenvalue weighted by Gasteiger charge is 2.41. The van der Waals surface area contributed by atoms with Crippen LogP contribution in [0, 0.1) is 6.92 Å². The molecule has 33 heavy (non-hydrogen) atoms. The van der Waals surface area contributed by atoms with Gasteiger partial charge < -0.3 is 0 Å². The molecule has 0 radical (unpaired) electrons. The predicted molar refractivity (Wildman–Crippen MR) is 139 cm³/mol. The topological polar surface area (TPSA) is 32.7 Å². The largest absolute Gasteiger partial charge is 0.315 e. The van der Waals surface area contributed by atoms with Gasteiger partial charge >= 0.3 is 7.44 Å². The van der Waals surface area contributed by atoms with E-state index in [0.29, 0.717) is 5.30 Å². The lowest BCUT2D eigenvalue weighted by molar-refractivity contribution is 0.582. The molecular weight excluding hydrogens is 423 g/mol. The molecule has 0 N–H and O–H groups in total. The number of allylic oxidation sites excluding steroid dienone is 1. The molecular formula is C29H25N2OP. The monoisotopic (exact) mass is 448 g/mol. The summed E-state index contributed by atoms with van der Waals surface area (Å²) in [5, 5.41) is 0.708. The lowest BCUT2D eigenvalue weighted by Crippen LogP contribution is -2.30. The fourth-order valence-corrected chi connectivity index (χ4v) is 6.75. The summed E-state index contributed by atoms with van der Waals surface area (Å²) in [5.74, 6) is 0. The Labute approximate surface area is 195 Å². The highest BCUT2D eigenvalue weighted by molar-refractivity contribution is 7.72. The molecule has 0 saturated carbocycles. The molecule has 0 aliphatic carbocycles. The Kier molecular flexibility index (Phi) is 5.58. The number of anilines is 1. The minimum atomic E-state index is -3.43. The van der Waals surface area contributed by atoms with Crippen molar-refractivity contribution in [3.05, 3.63) is 138 Å². The molecule has 0 spiro atoms. The van der Waals surface area contributed by atoms with Crippen LogP contribution in [-0.4, -0.2) is 5.71 Å². The molecule has 0 saturated heterocycles. The molecule has 5 rings (SSSR count). The highest BCUT2D eigenvalue weighted by atomic mass is 31.2. The zero-order valence-electron chi connectivity index (χ0n) is 18.7. The molecule has 1 aliphatic rings. The van der Waals surface area contributed by atoms with Gasteiger partial charge in [0, 0.05) is 16.8 Å². The first-order valence-electron chi connectivity index (χ1n) is 11.0. The van der Waals surface area contributed by atoms with Crippen LogP contribution in [0.1, 0.15) is 23.6 Å². The molecule has 3 nitrogen and oxygen atoms in total. The van der Waals surface area contributed by atoms with E-state index in [0.717, 1.165) is 39.4 Å². The first-order chi connectivity index (χ1) is 16.1. The van der Waals surface area contributed by atoms with Gasteiger partial charge in [0.1, 0.15) is 0 Å². The van der Waals surface area contributed by atoms with Gasteiger partial charge in [-0.1, -0.05) is 96.6 Å². The number of aryl methyl sites for hydroxylation is 1. The number of benzene rings is 4. The average Bonchev–Trinajstić information content (AvgIpc) is 2.87. The van der Waals surface area contributed by atoms with Gasteiger partial charge in [0.2, 0.25) is 0 Å². The molecule has 4 aromatic rings. The summed E-state index contributed by atoms with van der Waals surface area (Å²) in [4.78, 5) is 0. The molecule has 0 bridgehead atoms. The van der Waals surface area contributed by atoms with Crippen molar-refractivity contribution in [2.75, 3.05) is 4.67 Å². The molecule has 1 heterocycles. The van der Waals surface area contributed by atoms with Crippen molar-refractivity contribution in [3.8, 4) is 0 Å². The van der Waals surface area contributed by atoms with Gasteiger partial charge in [-0.2, -0.15) is 0 Å². The van der Waals surface area contributed by atoms with Crippen LogP contribution in [0.4, 0.5) is 5.69 Å². The van der Waals surface area contributed by atoms with Gasteiger partial charge in [0.15, 0.2) is 0 Å². The molecule has 4 aromatic carbocycles. The summed E-state index contributed by atoms with van der Waals surface area (Å²) in [5.41, 5.74) is 6.67. The van der Waals surface area contributed by atoms with Crippen molar-refractivity contribution in [2.45, 2.75) is 13.8 Å². The SMILES string of the molecule is CC1=C(c2ccccc2)N(c2ccc(C)cc2)P(=O)(c2ccccc2)N=C1c1ccccc1. The Bertz CT molecular complexity index is 1380. The third kappa shape index (κ3) is 3.86. The standard InChI is InChI=1S/C29H25N2OP/c1-22-18-20-26(21-19-22)31-29(25-14-8-4-9-15-25)23(2)28(24-12-6-3-7-13-24)30-33(31,32)27-16-10-5-11-17-27/h3-21H,1-2H3. The highest BCUT2D eigenvalue weighted by Crippen LogP contribution is 2.59. The average molecular weight is 449 g/mol. The Morgan fingerprint density at radius 2 is 1.15 bits per heavy atom. The van der Waals surface area contributed by atoms with Crippen LogP contribution in [0.2, 0.25) is 0 Å². The molecule has 162 valence electrons. The Morgan fingerprint density at radius 3 is 1.73 bits per heavy atom. The summed E-state index contributed by atoms with van der Waals surface area (Å²) in [6.07, 6.45) is 0. The van der Waals surface area contributed by atoms with Crippen LogP contribution in [0.5, 0.6) is 0 Å². The van der Waals surface area contributed by atoms with Gasteiger partial charge in [-0.15, -0.1) is 0 Å². The van der Waals surface area contributed by atoms with Gasteiger partial charge in [-0.25, -0.2) is 4.76 Å². The van der Waals surface area contributed by atoms with Crippen LogP contribution in [0.3, 0.4) is 0 Å². The summed E-state index contributed by atoms with van der Waals surface area (Å²) in [7, 11) is -3.43.